The third-order valence-corrected chi connectivity index (χ3v) is 6.53. The normalized spacial score (nSPS) is 30.1. The van der Waals surface area contributed by atoms with Crippen LogP contribution in [0.25, 0.3) is 0 Å². The van der Waals surface area contributed by atoms with Crippen molar-refractivity contribution in [3.63, 3.8) is 0 Å². The van der Waals surface area contributed by atoms with Crippen molar-refractivity contribution in [2.24, 2.45) is 0 Å². The molecule has 0 bridgehead atoms. The van der Waals surface area contributed by atoms with E-state index < -0.39 is 6.04 Å². The minimum Gasteiger partial charge on any atom is -0.371 e. The van der Waals surface area contributed by atoms with Crippen molar-refractivity contribution >= 4 is 17.7 Å². The predicted octanol–water partition coefficient (Wildman–Crippen LogP) is 0.0119. The van der Waals surface area contributed by atoms with Gasteiger partial charge in [0.2, 0.25) is 11.8 Å². The maximum atomic E-state index is 12.8. The number of ether oxygens (including phenoxy) is 1. The second kappa shape index (κ2) is 7.19. The van der Waals surface area contributed by atoms with E-state index in [1.807, 2.05) is 12.1 Å². The first-order valence-electron chi connectivity index (χ1n) is 10.4. The third-order valence-electron chi connectivity index (χ3n) is 6.53. The van der Waals surface area contributed by atoms with E-state index in [-0.39, 0.29) is 29.7 Å². The van der Waals surface area contributed by atoms with Gasteiger partial charge in [-0.2, -0.15) is 0 Å². The SMILES string of the molecule is O=C1CCC(N2Cc3cc(CN4CCOC5(CCNC5)C4)ccc3C2=O)C(=O)N1. The summed E-state index contributed by atoms with van der Waals surface area (Å²) >= 11 is 0. The van der Waals surface area contributed by atoms with Crippen LogP contribution in [0.4, 0.5) is 0 Å². The summed E-state index contributed by atoms with van der Waals surface area (Å²) < 4.78 is 6.06. The van der Waals surface area contributed by atoms with E-state index >= 15 is 0 Å². The fraction of sp³-hybridized carbons (Fsp3) is 0.571. The first-order valence-corrected chi connectivity index (χ1v) is 10.4. The molecule has 0 aromatic heterocycles. The number of fused-ring (bicyclic) bond motifs is 1. The molecule has 1 aromatic carbocycles. The lowest BCUT2D eigenvalue weighted by Gasteiger charge is -2.40. The summed E-state index contributed by atoms with van der Waals surface area (Å²) in [5.74, 6) is -0.756. The van der Waals surface area contributed by atoms with Gasteiger partial charge in [0.15, 0.2) is 0 Å². The number of nitrogens with zero attached hydrogens (tertiary/aromatic N) is 2. The summed E-state index contributed by atoms with van der Waals surface area (Å²) in [6, 6.07) is 5.42. The topological polar surface area (TPSA) is 91.0 Å². The number of carbonyl (C=O) groups is 3. The minimum absolute atomic E-state index is 0.0620. The largest absolute Gasteiger partial charge is 0.371 e. The maximum absolute atomic E-state index is 12.8. The number of nitrogens with one attached hydrogen (secondary N) is 2. The van der Waals surface area contributed by atoms with Gasteiger partial charge in [-0.05, 0) is 36.6 Å². The molecule has 4 aliphatic heterocycles. The molecule has 3 saturated heterocycles. The van der Waals surface area contributed by atoms with E-state index in [0.717, 1.165) is 51.3 Å². The highest BCUT2D eigenvalue weighted by Crippen LogP contribution is 2.30. The van der Waals surface area contributed by atoms with E-state index in [4.69, 9.17) is 4.74 Å². The molecule has 4 aliphatic rings. The second-order valence-electron chi connectivity index (χ2n) is 8.56. The predicted molar refractivity (Wildman–Crippen MR) is 104 cm³/mol. The van der Waals surface area contributed by atoms with Gasteiger partial charge in [0.1, 0.15) is 6.04 Å². The molecule has 154 valence electrons. The molecule has 2 atom stereocenters. The fourth-order valence-corrected chi connectivity index (χ4v) is 5.02. The molecule has 8 nitrogen and oxygen atoms in total. The quantitative estimate of drug-likeness (QED) is 0.698. The van der Waals surface area contributed by atoms with Crippen molar-refractivity contribution in [3.8, 4) is 0 Å². The Morgan fingerprint density at radius 3 is 2.93 bits per heavy atom. The molecular formula is C21H26N4O4. The zero-order chi connectivity index (χ0) is 20.0. The summed E-state index contributed by atoms with van der Waals surface area (Å²) in [6.07, 6.45) is 1.71. The standard InChI is InChI=1S/C21H26N4O4/c26-18-4-3-17(19(27)23-18)25-11-15-9-14(1-2-16(15)20(25)28)10-24-7-8-29-21(13-24)5-6-22-12-21/h1-2,9,17,22H,3-8,10-13H2,(H,23,26,27). The molecule has 4 heterocycles. The average Bonchev–Trinajstić information content (AvgIpc) is 3.26. The first-order chi connectivity index (χ1) is 14.0. The highest BCUT2D eigenvalue weighted by atomic mass is 16.5. The Balaban J connectivity index is 1.28. The Morgan fingerprint density at radius 1 is 1.24 bits per heavy atom. The van der Waals surface area contributed by atoms with Crippen LogP contribution in [0, 0.1) is 0 Å². The van der Waals surface area contributed by atoms with Gasteiger partial charge >= 0.3 is 0 Å². The molecule has 8 heteroatoms. The van der Waals surface area contributed by atoms with Crippen LogP contribution in [0.1, 0.15) is 40.7 Å². The van der Waals surface area contributed by atoms with E-state index in [1.165, 1.54) is 5.56 Å². The van der Waals surface area contributed by atoms with Gasteiger partial charge in [-0.15, -0.1) is 0 Å². The third kappa shape index (κ3) is 3.45. The Hall–Kier alpha value is -2.29. The zero-order valence-electron chi connectivity index (χ0n) is 16.4. The minimum atomic E-state index is -0.565. The lowest BCUT2D eigenvalue weighted by molar-refractivity contribution is -0.136. The molecule has 0 radical (unpaired) electrons. The van der Waals surface area contributed by atoms with Gasteiger partial charge in [-0.1, -0.05) is 12.1 Å². The molecule has 1 aromatic rings. The van der Waals surface area contributed by atoms with Crippen LogP contribution >= 0.6 is 0 Å². The smallest absolute Gasteiger partial charge is 0.255 e. The van der Waals surface area contributed by atoms with Crippen LogP contribution in [-0.4, -0.2) is 72.0 Å². The molecule has 0 saturated carbocycles. The monoisotopic (exact) mass is 398 g/mol. The van der Waals surface area contributed by atoms with Crippen molar-refractivity contribution in [2.75, 3.05) is 32.8 Å². The van der Waals surface area contributed by atoms with E-state index in [9.17, 15) is 14.4 Å². The first kappa shape index (κ1) is 18.7. The van der Waals surface area contributed by atoms with Gasteiger partial charge in [0.25, 0.3) is 5.91 Å². The summed E-state index contributed by atoms with van der Waals surface area (Å²) in [7, 11) is 0. The van der Waals surface area contributed by atoms with Crippen LogP contribution < -0.4 is 10.6 Å². The van der Waals surface area contributed by atoms with E-state index in [0.29, 0.717) is 18.5 Å². The highest BCUT2D eigenvalue weighted by Gasteiger charge is 2.40. The number of imide groups is 1. The number of amides is 3. The molecule has 1 spiro atoms. The summed E-state index contributed by atoms with van der Waals surface area (Å²) in [4.78, 5) is 40.4. The molecule has 3 amide bonds. The average molecular weight is 398 g/mol. The Bertz CT molecular complexity index is 864. The van der Waals surface area contributed by atoms with Gasteiger partial charge < -0.3 is 15.0 Å². The number of benzene rings is 1. The van der Waals surface area contributed by atoms with Crippen LogP contribution in [-0.2, 0) is 27.4 Å². The van der Waals surface area contributed by atoms with Crippen LogP contribution in [0.2, 0.25) is 0 Å². The van der Waals surface area contributed by atoms with Gasteiger partial charge in [0.05, 0.1) is 12.2 Å². The fourth-order valence-electron chi connectivity index (χ4n) is 5.02. The number of piperidine rings is 1. The Morgan fingerprint density at radius 2 is 2.14 bits per heavy atom. The van der Waals surface area contributed by atoms with Crippen LogP contribution in [0.15, 0.2) is 18.2 Å². The van der Waals surface area contributed by atoms with Crippen molar-refractivity contribution in [3.05, 3.63) is 34.9 Å². The summed E-state index contributed by atoms with van der Waals surface area (Å²) in [6.45, 7) is 5.72. The summed E-state index contributed by atoms with van der Waals surface area (Å²) in [5, 5.41) is 5.75. The lowest BCUT2D eigenvalue weighted by Crippen LogP contribution is -2.52. The second-order valence-corrected chi connectivity index (χ2v) is 8.56. The van der Waals surface area contributed by atoms with Crippen molar-refractivity contribution < 1.29 is 19.1 Å². The van der Waals surface area contributed by atoms with Gasteiger partial charge in [-0.25, -0.2) is 0 Å². The van der Waals surface area contributed by atoms with Gasteiger partial charge in [0, 0.05) is 44.7 Å². The van der Waals surface area contributed by atoms with Crippen molar-refractivity contribution in [1.82, 2.24) is 20.4 Å². The molecule has 29 heavy (non-hydrogen) atoms. The van der Waals surface area contributed by atoms with Crippen molar-refractivity contribution in [1.29, 1.82) is 0 Å². The number of rotatable bonds is 3. The Labute approximate surface area is 169 Å². The number of hydrogen-bond acceptors (Lipinski definition) is 6. The molecule has 5 rings (SSSR count). The van der Waals surface area contributed by atoms with Gasteiger partial charge in [-0.3, -0.25) is 24.6 Å². The molecule has 3 fully saturated rings. The zero-order valence-corrected chi connectivity index (χ0v) is 16.4. The Kier molecular flexibility index (Phi) is 4.64. The number of carbonyl (C=O) groups excluding carboxylic acids is 3. The summed E-state index contributed by atoms with van der Waals surface area (Å²) in [5.41, 5.74) is 2.73. The number of hydrogen-bond donors (Lipinski definition) is 2. The highest BCUT2D eigenvalue weighted by molar-refractivity contribution is 6.05. The van der Waals surface area contributed by atoms with Crippen LogP contribution in [0.5, 0.6) is 0 Å². The number of morpholine rings is 1. The maximum Gasteiger partial charge on any atom is 0.255 e. The molecule has 2 unspecified atom stereocenters. The van der Waals surface area contributed by atoms with E-state index in [2.05, 4.69) is 21.6 Å². The lowest BCUT2D eigenvalue weighted by atomic mass is 9.99. The molecular weight excluding hydrogens is 372 g/mol. The molecule has 2 N–H and O–H groups in total. The van der Waals surface area contributed by atoms with Crippen molar-refractivity contribution in [2.45, 2.75) is 44.0 Å². The van der Waals surface area contributed by atoms with E-state index in [1.54, 1.807) is 4.90 Å². The van der Waals surface area contributed by atoms with Crippen LogP contribution in [0.3, 0.4) is 0 Å². The molecule has 0 aliphatic carbocycles.